The minimum absolute atomic E-state index is 0.570. The van der Waals surface area contributed by atoms with Gasteiger partial charge in [0.1, 0.15) is 5.01 Å². The molecule has 2 aromatic heterocycles. The smallest absolute Gasteiger partial charge is 0.234 e. The van der Waals surface area contributed by atoms with Crippen LogP contribution >= 0.6 is 34.5 Å². The van der Waals surface area contributed by atoms with Crippen molar-refractivity contribution in [3.63, 3.8) is 0 Å². The van der Waals surface area contributed by atoms with Crippen molar-refractivity contribution in [1.29, 1.82) is 0 Å². The van der Waals surface area contributed by atoms with Gasteiger partial charge in [-0.2, -0.15) is 9.61 Å². The summed E-state index contributed by atoms with van der Waals surface area (Å²) in [5.41, 5.74) is 0.837. The van der Waals surface area contributed by atoms with Gasteiger partial charge in [-0.05, 0) is 18.2 Å². The number of benzene rings is 1. The largest absolute Gasteiger partial charge is 0.384 e. The van der Waals surface area contributed by atoms with Crippen LogP contribution in [-0.4, -0.2) is 33.5 Å². The van der Waals surface area contributed by atoms with Crippen LogP contribution in [0.2, 0.25) is 10.0 Å². The van der Waals surface area contributed by atoms with Crippen LogP contribution in [-0.2, 0) is 11.2 Å². The first-order valence-electron chi connectivity index (χ1n) is 5.84. The monoisotopic (exact) mass is 328 g/mol. The first-order chi connectivity index (χ1) is 9.69. The number of nitrogens with zero attached hydrogens (tertiary/aromatic N) is 4. The molecule has 0 radical (unpaired) electrons. The Morgan fingerprint density at radius 3 is 2.90 bits per heavy atom. The van der Waals surface area contributed by atoms with Gasteiger partial charge in [0.25, 0.3) is 0 Å². The highest BCUT2D eigenvalue weighted by Gasteiger charge is 2.14. The Kier molecular flexibility index (Phi) is 3.89. The SMILES string of the molecule is COCCc1nnc2sc(-c3ccc(Cl)cc3Cl)nn12. The van der Waals surface area contributed by atoms with Gasteiger partial charge in [0, 0.05) is 24.1 Å². The van der Waals surface area contributed by atoms with E-state index in [1.807, 2.05) is 6.07 Å². The summed E-state index contributed by atoms with van der Waals surface area (Å²) in [4.78, 5) is 0.733. The summed E-state index contributed by atoms with van der Waals surface area (Å²) in [7, 11) is 1.65. The molecule has 20 heavy (non-hydrogen) atoms. The van der Waals surface area contributed by atoms with Crippen LogP contribution in [0.4, 0.5) is 0 Å². The lowest BCUT2D eigenvalue weighted by molar-refractivity contribution is 0.200. The van der Waals surface area contributed by atoms with Gasteiger partial charge in [-0.15, -0.1) is 10.2 Å². The zero-order valence-electron chi connectivity index (χ0n) is 10.5. The molecule has 0 bridgehead atoms. The number of rotatable bonds is 4. The van der Waals surface area contributed by atoms with Gasteiger partial charge in [0.15, 0.2) is 5.82 Å². The molecule has 0 spiro atoms. The van der Waals surface area contributed by atoms with Crippen molar-refractivity contribution in [2.75, 3.05) is 13.7 Å². The predicted molar refractivity (Wildman–Crippen MR) is 79.7 cm³/mol. The van der Waals surface area contributed by atoms with Crippen LogP contribution in [0.1, 0.15) is 5.82 Å². The zero-order valence-corrected chi connectivity index (χ0v) is 12.8. The Morgan fingerprint density at radius 1 is 1.30 bits per heavy atom. The highest BCUT2D eigenvalue weighted by atomic mass is 35.5. The Hall–Kier alpha value is -1.21. The molecule has 3 rings (SSSR count). The third-order valence-electron chi connectivity index (χ3n) is 2.75. The molecule has 0 fully saturated rings. The van der Waals surface area contributed by atoms with Crippen LogP contribution < -0.4 is 0 Å². The van der Waals surface area contributed by atoms with E-state index < -0.39 is 0 Å². The first-order valence-corrected chi connectivity index (χ1v) is 7.42. The van der Waals surface area contributed by atoms with E-state index in [9.17, 15) is 0 Å². The Balaban J connectivity index is 2.02. The molecule has 0 unspecified atom stereocenters. The topological polar surface area (TPSA) is 52.3 Å². The summed E-state index contributed by atoms with van der Waals surface area (Å²) in [6, 6.07) is 5.34. The van der Waals surface area contributed by atoms with Gasteiger partial charge in [-0.3, -0.25) is 0 Å². The van der Waals surface area contributed by atoms with Crippen molar-refractivity contribution in [3.05, 3.63) is 34.1 Å². The summed E-state index contributed by atoms with van der Waals surface area (Å²) in [5.74, 6) is 0.773. The summed E-state index contributed by atoms with van der Waals surface area (Å²) in [5, 5.41) is 14.7. The number of fused-ring (bicyclic) bond motifs is 1. The first kappa shape index (κ1) is 13.8. The predicted octanol–water partition coefficient (Wildman–Crippen LogP) is 3.35. The van der Waals surface area contributed by atoms with Crippen molar-refractivity contribution in [2.24, 2.45) is 0 Å². The summed E-state index contributed by atoms with van der Waals surface area (Å²) in [6.45, 7) is 0.579. The van der Waals surface area contributed by atoms with E-state index in [-0.39, 0.29) is 0 Å². The van der Waals surface area contributed by atoms with Gasteiger partial charge >= 0.3 is 0 Å². The van der Waals surface area contributed by atoms with E-state index in [1.54, 1.807) is 23.8 Å². The normalized spacial score (nSPS) is 11.3. The Morgan fingerprint density at radius 2 is 2.15 bits per heavy atom. The molecule has 3 aromatic rings. The number of hydrogen-bond donors (Lipinski definition) is 0. The minimum Gasteiger partial charge on any atom is -0.384 e. The summed E-state index contributed by atoms with van der Waals surface area (Å²) < 4.78 is 6.77. The number of ether oxygens (including phenoxy) is 1. The maximum Gasteiger partial charge on any atom is 0.234 e. The van der Waals surface area contributed by atoms with E-state index in [4.69, 9.17) is 27.9 Å². The molecule has 0 aliphatic carbocycles. The second-order valence-corrected chi connectivity index (χ2v) is 5.88. The Labute approximate surface area is 129 Å². The lowest BCUT2D eigenvalue weighted by Gasteiger charge is -2.00. The maximum absolute atomic E-state index is 6.20. The quantitative estimate of drug-likeness (QED) is 0.737. The van der Waals surface area contributed by atoms with E-state index in [0.29, 0.717) is 23.1 Å². The second kappa shape index (κ2) is 5.65. The molecule has 0 aliphatic heterocycles. The summed E-state index contributed by atoms with van der Waals surface area (Å²) >= 11 is 13.5. The zero-order chi connectivity index (χ0) is 14.1. The third kappa shape index (κ3) is 2.52. The lowest BCUT2D eigenvalue weighted by Crippen LogP contribution is -2.01. The van der Waals surface area contributed by atoms with Gasteiger partial charge in [-0.1, -0.05) is 34.5 Å². The molecule has 104 valence electrons. The molecule has 8 heteroatoms. The third-order valence-corrected chi connectivity index (χ3v) is 4.23. The highest BCUT2D eigenvalue weighted by Crippen LogP contribution is 2.33. The van der Waals surface area contributed by atoms with Crippen molar-refractivity contribution in [3.8, 4) is 10.6 Å². The maximum atomic E-state index is 6.20. The number of aromatic nitrogens is 4. The van der Waals surface area contributed by atoms with E-state index in [2.05, 4.69) is 15.3 Å². The van der Waals surface area contributed by atoms with Crippen molar-refractivity contribution >= 4 is 39.5 Å². The van der Waals surface area contributed by atoms with Crippen LogP contribution in [0.5, 0.6) is 0 Å². The lowest BCUT2D eigenvalue weighted by atomic mass is 10.2. The molecule has 0 atom stereocenters. The van der Waals surface area contributed by atoms with Gasteiger partial charge in [0.05, 0.1) is 11.6 Å². The average molecular weight is 329 g/mol. The molecule has 1 aromatic carbocycles. The van der Waals surface area contributed by atoms with Crippen molar-refractivity contribution in [2.45, 2.75) is 6.42 Å². The molecule has 5 nitrogen and oxygen atoms in total. The van der Waals surface area contributed by atoms with Crippen LogP contribution in [0, 0.1) is 0 Å². The van der Waals surface area contributed by atoms with E-state index >= 15 is 0 Å². The average Bonchev–Trinajstić information content (AvgIpc) is 2.97. The second-order valence-electron chi connectivity index (χ2n) is 4.08. The molecular formula is C12H10Cl2N4OS. The molecule has 0 saturated carbocycles. The number of halogens is 2. The van der Waals surface area contributed by atoms with E-state index in [1.165, 1.54) is 11.3 Å². The van der Waals surface area contributed by atoms with E-state index in [0.717, 1.165) is 21.4 Å². The van der Waals surface area contributed by atoms with Crippen LogP contribution in [0.25, 0.3) is 15.5 Å². The summed E-state index contributed by atoms with van der Waals surface area (Å²) in [6.07, 6.45) is 0.662. The van der Waals surface area contributed by atoms with Gasteiger partial charge in [-0.25, -0.2) is 0 Å². The van der Waals surface area contributed by atoms with Crippen LogP contribution in [0.3, 0.4) is 0 Å². The molecule has 0 amide bonds. The molecule has 0 N–H and O–H groups in total. The Bertz CT molecular complexity index is 755. The molecule has 2 heterocycles. The minimum atomic E-state index is 0.570. The van der Waals surface area contributed by atoms with Crippen molar-refractivity contribution in [1.82, 2.24) is 19.8 Å². The fraction of sp³-hybridized carbons (Fsp3) is 0.250. The molecule has 0 aliphatic rings. The number of hydrogen-bond acceptors (Lipinski definition) is 5. The molecular weight excluding hydrogens is 319 g/mol. The van der Waals surface area contributed by atoms with Crippen LogP contribution in [0.15, 0.2) is 18.2 Å². The fourth-order valence-electron chi connectivity index (χ4n) is 1.78. The molecule has 0 saturated heterocycles. The van der Waals surface area contributed by atoms with Gasteiger partial charge in [0.2, 0.25) is 4.96 Å². The standard InChI is InChI=1S/C12H10Cl2N4OS/c1-19-5-4-10-15-16-12-18(10)17-11(20-12)8-3-2-7(13)6-9(8)14/h2-3,6H,4-5H2,1H3. The number of methoxy groups -OCH3 is 1. The highest BCUT2D eigenvalue weighted by molar-refractivity contribution is 7.19. The fourth-order valence-corrected chi connectivity index (χ4v) is 3.23. The van der Waals surface area contributed by atoms with Gasteiger partial charge < -0.3 is 4.74 Å². The van der Waals surface area contributed by atoms with Crippen molar-refractivity contribution < 1.29 is 4.74 Å².